The summed E-state index contributed by atoms with van der Waals surface area (Å²) in [4.78, 5) is 37.6. The van der Waals surface area contributed by atoms with Crippen molar-refractivity contribution in [1.29, 1.82) is 0 Å². The topological polar surface area (TPSA) is 83.2 Å². The van der Waals surface area contributed by atoms with Gasteiger partial charge in [0.05, 0.1) is 16.1 Å². The largest absolute Gasteiger partial charge is 0.485 e. The Kier molecular flexibility index (Phi) is 6.38. The lowest BCUT2D eigenvalue weighted by molar-refractivity contribution is -0.144. The Morgan fingerprint density at radius 2 is 1.75 bits per heavy atom. The number of halogens is 3. The van der Waals surface area contributed by atoms with Gasteiger partial charge in [0.25, 0.3) is 5.56 Å². The monoisotopic (exact) mass is 517 g/mol. The Balaban J connectivity index is 1.82. The maximum Gasteiger partial charge on any atom is 0.431 e. The van der Waals surface area contributed by atoms with E-state index >= 15 is 0 Å². The Bertz CT molecular complexity index is 1590. The third-order valence-corrected chi connectivity index (χ3v) is 6.49. The number of ketones is 1. The van der Waals surface area contributed by atoms with Crippen LogP contribution in [0.15, 0.2) is 58.1 Å². The van der Waals surface area contributed by atoms with Crippen LogP contribution in [0.1, 0.15) is 26.5 Å². The molecule has 4 rings (SSSR count). The zero-order valence-electron chi connectivity index (χ0n) is 19.8. The number of hydrogen-bond acceptors (Lipinski definition) is 6. The smallest absolute Gasteiger partial charge is 0.431 e. The van der Waals surface area contributed by atoms with Gasteiger partial charge in [-0.05, 0) is 41.9 Å². The van der Waals surface area contributed by atoms with Gasteiger partial charge in [-0.15, -0.1) is 0 Å². The van der Waals surface area contributed by atoms with Gasteiger partial charge in [0.1, 0.15) is 18.1 Å². The van der Waals surface area contributed by atoms with Gasteiger partial charge in [-0.2, -0.15) is 17.5 Å². The van der Waals surface area contributed by atoms with Crippen LogP contribution in [0.3, 0.4) is 0 Å². The molecule has 2 aromatic heterocycles. The molecule has 0 saturated carbocycles. The molecule has 7 nitrogen and oxygen atoms in total. The summed E-state index contributed by atoms with van der Waals surface area (Å²) in [5.41, 5.74) is -2.93. The van der Waals surface area contributed by atoms with Crippen LogP contribution in [0.5, 0.6) is 5.75 Å². The third kappa shape index (κ3) is 4.70. The number of alkyl halides is 3. The van der Waals surface area contributed by atoms with Crippen molar-refractivity contribution in [1.82, 2.24) is 13.5 Å². The first-order chi connectivity index (χ1) is 16.8. The molecule has 0 saturated heterocycles. The molecule has 0 aliphatic heterocycles. The Morgan fingerprint density at radius 1 is 1.06 bits per heavy atom. The minimum absolute atomic E-state index is 0.0831. The van der Waals surface area contributed by atoms with Crippen LogP contribution in [-0.2, 0) is 18.0 Å². The summed E-state index contributed by atoms with van der Waals surface area (Å²) < 4.78 is 51.8. The first-order valence-electron chi connectivity index (χ1n) is 10.8. The zero-order chi connectivity index (χ0) is 26.4. The van der Waals surface area contributed by atoms with Crippen molar-refractivity contribution in [2.75, 3.05) is 6.61 Å². The minimum atomic E-state index is -4.85. The molecule has 2 heterocycles. The first kappa shape index (κ1) is 25.4. The lowest BCUT2D eigenvalue weighted by Crippen LogP contribution is -2.40. The summed E-state index contributed by atoms with van der Waals surface area (Å²) in [6.45, 7) is 5.26. The fraction of sp³-hybridized carbons (Fsp3) is 0.280. The van der Waals surface area contributed by atoms with Crippen molar-refractivity contribution in [2.24, 2.45) is 12.5 Å². The van der Waals surface area contributed by atoms with Crippen LogP contribution in [0, 0.1) is 5.41 Å². The molecule has 0 unspecified atom stereocenters. The number of ether oxygens (including phenoxy) is 1. The summed E-state index contributed by atoms with van der Waals surface area (Å²) in [5.74, 6) is 0.343. The Hall–Kier alpha value is -3.73. The van der Waals surface area contributed by atoms with Crippen molar-refractivity contribution in [3.05, 3.63) is 75.1 Å². The third-order valence-electron chi connectivity index (χ3n) is 5.66. The molecule has 2 aromatic carbocycles. The predicted octanol–water partition coefficient (Wildman–Crippen LogP) is 4.83. The van der Waals surface area contributed by atoms with Gasteiger partial charge in [0.15, 0.2) is 5.78 Å². The van der Waals surface area contributed by atoms with E-state index in [0.29, 0.717) is 37.6 Å². The van der Waals surface area contributed by atoms with E-state index in [1.165, 1.54) is 23.7 Å². The van der Waals surface area contributed by atoms with Crippen molar-refractivity contribution in [2.45, 2.75) is 26.9 Å². The molecule has 0 radical (unpaired) electrons. The molecule has 11 heteroatoms. The van der Waals surface area contributed by atoms with E-state index in [4.69, 9.17) is 4.74 Å². The number of benzene rings is 2. The van der Waals surface area contributed by atoms with Crippen molar-refractivity contribution in [3.8, 4) is 22.7 Å². The molecule has 0 N–H and O–H groups in total. The molecule has 188 valence electrons. The summed E-state index contributed by atoms with van der Waals surface area (Å²) in [7, 11) is 0.962. The quantitative estimate of drug-likeness (QED) is 0.379. The van der Waals surface area contributed by atoms with E-state index in [2.05, 4.69) is 4.37 Å². The summed E-state index contributed by atoms with van der Waals surface area (Å²) >= 11 is 1.18. The first-order valence-corrected chi connectivity index (χ1v) is 11.6. The summed E-state index contributed by atoms with van der Waals surface area (Å²) in [5, 5.41) is 0.574. The Morgan fingerprint density at radius 3 is 2.42 bits per heavy atom. The van der Waals surface area contributed by atoms with Gasteiger partial charge in [0.2, 0.25) is 0 Å². The van der Waals surface area contributed by atoms with Crippen molar-refractivity contribution >= 4 is 27.4 Å². The molecule has 36 heavy (non-hydrogen) atoms. The lowest BCUT2D eigenvalue weighted by Gasteiger charge is -2.17. The maximum atomic E-state index is 13.2. The molecule has 0 aliphatic carbocycles. The number of fused-ring (bicyclic) bond motifs is 1. The highest BCUT2D eigenvalue weighted by atomic mass is 32.1. The average Bonchev–Trinajstić information content (AvgIpc) is 3.22. The van der Waals surface area contributed by atoms with E-state index in [0.717, 1.165) is 11.7 Å². The lowest BCUT2D eigenvalue weighted by atomic mass is 9.91. The second kappa shape index (κ2) is 9.05. The van der Waals surface area contributed by atoms with E-state index in [1.807, 2.05) is 0 Å². The summed E-state index contributed by atoms with van der Waals surface area (Å²) in [6, 6.07) is 12.0. The second-order valence-electron chi connectivity index (χ2n) is 9.21. The van der Waals surface area contributed by atoms with Crippen LogP contribution < -0.4 is 16.0 Å². The molecular weight excluding hydrogens is 495 g/mol. The number of carbonyl (C=O) groups excluding carboxylic acids is 1. The van der Waals surface area contributed by atoms with Gasteiger partial charge in [-0.3, -0.25) is 14.2 Å². The number of carbonyl (C=O) groups is 1. The number of nitrogens with zero attached hydrogens (tertiary/aromatic N) is 3. The molecule has 0 amide bonds. The molecule has 0 aliphatic rings. The zero-order valence-corrected chi connectivity index (χ0v) is 20.7. The number of hydrogen-bond donors (Lipinski definition) is 0. The predicted molar refractivity (Wildman–Crippen MR) is 131 cm³/mol. The van der Waals surface area contributed by atoms with Gasteiger partial charge in [-0.25, -0.2) is 9.36 Å². The molecule has 0 atom stereocenters. The number of Topliss-reactive ketones (excluding diaryl/α,β-unsaturated/α-hetero) is 1. The molecule has 0 bridgehead atoms. The van der Waals surface area contributed by atoms with E-state index < -0.39 is 28.5 Å². The van der Waals surface area contributed by atoms with Crippen LogP contribution in [0.25, 0.3) is 27.0 Å². The molecular formula is C25H22F3N3O4S. The average molecular weight is 518 g/mol. The van der Waals surface area contributed by atoms with Crippen molar-refractivity contribution in [3.63, 3.8) is 0 Å². The van der Waals surface area contributed by atoms with Gasteiger partial charge in [-0.1, -0.05) is 32.9 Å². The van der Waals surface area contributed by atoms with Crippen LogP contribution in [-0.4, -0.2) is 25.9 Å². The standard InChI is InChI=1S/C25H22F3N3O4S/c1-24(2,3)20(32)13-35-17-8-6-5-7-15(17)22-16-11-14(9-10-18(16)36-29-22)31-21(33)12-19(25(26,27)28)30(4)23(31)34/h5-12H,13H2,1-4H3. The SMILES string of the molecule is Cn1c(C(F)(F)F)cc(=O)n(-c2ccc3snc(-c4ccccc4OCC(=O)C(C)(C)C)c3c2)c1=O. The highest BCUT2D eigenvalue weighted by molar-refractivity contribution is 7.13. The Labute approximate surface area is 207 Å². The number of rotatable bonds is 5. The molecule has 0 spiro atoms. The second-order valence-corrected chi connectivity index (χ2v) is 10.0. The van der Waals surface area contributed by atoms with Gasteiger partial charge in [0, 0.05) is 29.5 Å². The van der Waals surface area contributed by atoms with Gasteiger partial charge >= 0.3 is 11.9 Å². The van der Waals surface area contributed by atoms with Crippen molar-refractivity contribution < 1.29 is 22.7 Å². The van der Waals surface area contributed by atoms with Crippen LogP contribution >= 0.6 is 11.5 Å². The molecule has 4 aromatic rings. The highest BCUT2D eigenvalue weighted by Gasteiger charge is 2.35. The number of aromatic nitrogens is 3. The fourth-order valence-electron chi connectivity index (χ4n) is 3.54. The number of para-hydroxylation sites is 1. The van der Waals surface area contributed by atoms with E-state index in [-0.39, 0.29) is 18.1 Å². The van der Waals surface area contributed by atoms with Gasteiger partial charge < -0.3 is 4.74 Å². The van der Waals surface area contributed by atoms with E-state index in [9.17, 15) is 27.6 Å². The summed E-state index contributed by atoms with van der Waals surface area (Å²) in [6.07, 6.45) is -4.85. The van der Waals surface area contributed by atoms with Crippen LogP contribution in [0.2, 0.25) is 0 Å². The molecule has 0 fully saturated rings. The highest BCUT2D eigenvalue weighted by Crippen LogP contribution is 2.37. The normalized spacial score (nSPS) is 12.2. The van der Waals surface area contributed by atoms with E-state index in [1.54, 1.807) is 51.1 Å². The minimum Gasteiger partial charge on any atom is -0.485 e. The fourth-order valence-corrected chi connectivity index (χ4v) is 4.31. The maximum absolute atomic E-state index is 13.2. The van der Waals surface area contributed by atoms with Crippen LogP contribution in [0.4, 0.5) is 13.2 Å².